The van der Waals surface area contributed by atoms with Crippen LogP contribution in [-0.4, -0.2) is 48.7 Å². The average Bonchev–Trinajstić information content (AvgIpc) is 3.61. The van der Waals surface area contributed by atoms with Crippen LogP contribution in [0.5, 0.6) is 5.75 Å². The highest BCUT2D eigenvalue weighted by atomic mass is 32.1. The Hall–Kier alpha value is -3.38. The van der Waals surface area contributed by atoms with Crippen LogP contribution >= 0.6 is 24.2 Å². The molecule has 0 saturated heterocycles. The van der Waals surface area contributed by atoms with Gasteiger partial charge in [-0.3, -0.25) is 14.4 Å². The first-order chi connectivity index (χ1) is 17.1. The molecule has 1 fully saturated rings. The second kappa shape index (κ2) is 11.6. The molecule has 2 amide bonds. The maximum absolute atomic E-state index is 12.3. The number of ketones is 1. The van der Waals surface area contributed by atoms with Gasteiger partial charge < -0.3 is 15.8 Å². The number of primary amides is 1. The molecular weight excluding hydrogens is 500 g/mol. The van der Waals surface area contributed by atoms with Gasteiger partial charge in [-0.05, 0) is 69.6 Å². The Labute approximate surface area is 218 Å². The van der Waals surface area contributed by atoms with Crippen molar-refractivity contribution in [1.29, 1.82) is 0 Å². The van der Waals surface area contributed by atoms with E-state index in [0.29, 0.717) is 22.7 Å². The SMILES string of the molecule is CC(Oc1ccc(C(=O)C2CC2)nc1)c1cc(-c2cnc(C(=O)NC(C)(C)C(N)=O)nc2)ns1.CS. The van der Waals surface area contributed by atoms with Crippen molar-refractivity contribution in [2.45, 2.75) is 45.3 Å². The van der Waals surface area contributed by atoms with Gasteiger partial charge in [-0.2, -0.15) is 17.0 Å². The predicted molar refractivity (Wildman–Crippen MR) is 139 cm³/mol. The molecule has 3 aromatic rings. The minimum Gasteiger partial charge on any atom is -0.484 e. The number of amides is 2. The summed E-state index contributed by atoms with van der Waals surface area (Å²) in [7, 11) is 0. The van der Waals surface area contributed by atoms with E-state index in [-0.39, 0.29) is 23.6 Å². The summed E-state index contributed by atoms with van der Waals surface area (Å²) in [6.45, 7) is 4.89. The van der Waals surface area contributed by atoms with Crippen LogP contribution < -0.4 is 15.8 Å². The number of carbonyl (C=O) groups is 3. The minimum absolute atomic E-state index is 0.0821. The van der Waals surface area contributed by atoms with Crippen LogP contribution in [0, 0.1) is 5.92 Å². The zero-order valence-electron chi connectivity index (χ0n) is 20.4. The largest absolute Gasteiger partial charge is 0.484 e. The lowest BCUT2D eigenvalue weighted by atomic mass is 10.1. The van der Waals surface area contributed by atoms with Crippen molar-refractivity contribution < 1.29 is 19.1 Å². The number of hydrogen-bond donors (Lipinski definition) is 3. The smallest absolute Gasteiger partial charge is 0.289 e. The Kier molecular flexibility index (Phi) is 8.75. The van der Waals surface area contributed by atoms with Crippen LogP contribution in [0.4, 0.5) is 0 Å². The molecule has 4 rings (SSSR count). The molecule has 10 nitrogen and oxygen atoms in total. The summed E-state index contributed by atoms with van der Waals surface area (Å²) in [4.78, 5) is 49.0. The van der Waals surface area contributed by atoms with Gasteiger partial charge in [0.1, 0.15) is 23.1 Å². The third kappa shape index (κ3) is 6.64. The van der Waals surface area contributed by atoms with Crippen LogP contribution in [0.1, 0.15) is 65.7 Å². The minimum atomic E-state index is -1.22. The third-order valence-corrected chi connectivity index (χ3v) is 6.32. The third-order valence-electron chi connectivity index (χ3n) is 5.37. The molecule has 0 aliphatic heterocycles. The predicted octanol–water partition coefficient (Wildman–Crippen LogP) is 3.27. The monoisotopic (exact) mass is 528 g/mol. The Balaban J connectivity index is 0.00000176. The van der Waals surface area contributed by atoms with Crippen molar-refractivity contribution in [2.75, 3.05) is 6.26 Å². The molecule has 1 saturated carbocycles. The van der Waals surface area contributed by atoms with E-state index in [1.165, 1.54) is 37.8 Å². The summed E-state index contributed by atoms with van der Waals surface area (Å²) < 4.78 is 10.4. The average molecular weight is 529 g/mol. The van der Waals surface area contributed by atoms with Crippen molar-refractivity contribution in [1.82, 2.24) is 24.6 Å². The zero-order valence-corrected chi connectivity index (χ0v) is 22.1. The quantitative estimate of drug-likeness (QED) is 0.283. The lowest BCUT2D eigenvalue weighted by Crippen LogP contribution is -2.53. The van der Waals surface area contributed by atoms with E-state index in [1.54, 1.807) is 24.6 Å². The van der Waals surface area contributed by atoms with Crippen molar-refractivity contribution in [3.8, 4) is 17.0 Å². The summed E-state index contributed by atoms with van der Waals surface area (Å²) in [6, 6.07) is 5.31. The molecular formula is C24H28N6O4S2. The number of nitrogens with zero attached hydrogens (tertiary/aromatic N) is 4. The van der Waals surface area contributed by atoms with Gasteiger partial charge >= 0.3 is 0 Å². The van der Waals surface area contributed by atoms with Gasteiger partial charge in [0.05, 0.1) is 16.8 Å². The molecule has 3 heterocycles. The Morgan fingerprint density at radius 1 is 1.14 bits per heavy atom. The number of pyridine rings is 1. The van der Waals surface area contributed by atoms with Gasteiger partial charge in [-0.25, -0.2) is 15.0 Å². The lowest BCUT2D eigenvalue weighted by molar-refractivity contribution is -0.122. The summed E-state index contributed by atoms with van der Waals surface area (Å²) >= 11 is 4.81. The number of Topliss-reactive ketones (excluding diaryl/α,β-unsaturated/α-hetero) is 1. The van der Waals surface area contributed by atoms with E-state index < -0.39 is 17.4 Å². The van der Waals surface area contributed by atoms with Gasteiger partial charge in [0.2, 0.25) is 11.7 Å². The fourth-order valence-electron chi connectivity index (χ4n) is 3.01. The molecule has 3 N–H and O–H groups in total. The summed E-state index contributed by atoms with van der Waals surface area (Å²) in [5.41, 5.74) is 5.80. The van der Waals surface area contributed by atoms with E-state index in [4.69, 9.17) is 10.5 Å². The molecule has 12 heteroatoms. The van der Waals surface area contributed by atoms with Gasteiger partial charge in [0, 0.05) is 23.9 Å². The number of nitrogens with two attached hydrogens (primary N) is 1. The highest BCUT2D eigenvalue weighted by molar-refractivity contribution is 7.79. The Morgan fingerprint density at radius 3 is 2.36 bits per heavy atom. The van der Waals surface area contributed by atoms with Gasteiger partial charge in [-0.15, -0.1) is 0 Å². The molecule has 1 aliphatic carbocycles. The first-order valence-corrected chi connectivity index (χ1v) is 12.8. The maximum atomic E-state index is 12.3. The number of thiol groups is 1. The molecule has 1 atom stereocenters. The molecule has 0 spiro atoms. The fraction of sp³-hybridized carbons (Fsp3) is 0.375. The zero-order chi connectivity index (χ0) is 26.5. The van der Waals surface area contributed by atoms with Crippen molar-refractivity contribution in [2.24, 2.45) is 11.7 Å². The molecule has 190 valence electrons. The van der Waals surface area contributed by atoms with Crippen molar-refractivity contribution >= 4 is 41.8 Å². The number of hydrogen-bond acceptors (Lipinski definition) is 10. The van der Waals surface area contributed by atoms with E-state index in [1.807, 2.05) is 13.0 Å². The second-order valence-corrected chi connectivity index (χ2v) is 9.47. The fourth-order valence-corrected chi connectivity index (χ4v) is 3.73. The maximum Gasteiger partial charge on any atom is 0.289 e. The molecule has 1 unspecified atom stereocenters. The highest BCUT2D eigenvalue weighted by Crippen LogP contribution is 2.33. The van der Waals surface area contributed by atoms with Crippen LogP contribution in [-0.2, 0) is 4.79 Å². The summed E-state index contributed by atoms with van der Waals surface area (Å²) in [5, 5.41) is 2.50. The van der Waals surface area contributed by atoms with E-state index >= 15 is 0 Å². The normalized spacial score (nSPS) is 13.7. The summed E-state index contributed by atoms with van der Waals surface area (Å²) in [6.07, 6.45) is 7.83. The standard InChI is InChI=1S/C23H24N6O4S.CH4S/c1-12(33-15-6-7-16(25-11-15)19(30)13-4-5-13)18-8-17(29-34-18)14-9-26-20(27-10-14)21(31)28-23(2,3)22(24)32;1-2/h6-13H,4-5H2,1-3H3,(H2,24,32)(H,28,31);2H,1H3. The topological polar surface area (TPSA) is 150 Å². The van der Waals surface area contributed by atoms with E-state index in [9.17, 15) is 14.4 Å². The van der Waals surface area contributed by atoms with Gasteiger partial charge in [0.15, 0.2) is 5.78 Å². The van der Waals surface area contributed by atoms with Crippen LogP contribution in [0.3, 0.4) is 0 Å². The molecule has 0 aromatic carbocycles. The van der Waals surface area contributed by atoms with Crippen LogP contribution in [0.2, 0.25) is 0 Å². The summed E-state index contributed by atoms with van der Waals surface area (Å²) in [5.74, 6) is -0.567. The molecule has 0 radical (unpaired) electrons. The number of nitrogens with one attached hydrogen (secondary N) is 1. The first-order valence-electron chi connectivity index (χ1n) is 11.2. The molecule has 0 bridgehead atoms. The van der Waals surface area contributed by atoms with Gasteiger partial charge in [0.25, 0.3) is 5.91 Å². The molecule has 1 aliphatic rings. The molecule has 36 heavy (non-hydrogen) atoms. The van der Waals surface area contributed by atoms with Crippen LogP contribution in [0.15, 0.2) is 36.8 Å². The van der Waals surface area contributed by atoms with E-state index in [2.05, 4.69) is 37.3 Å². The lowest BCUT2D eigenvalue weighted by Gasteiger charge is -2.21. The van der Waals surface area contributed by atoms with Crippen LogP contribution in [0.25, 0.3) is 11.3 Å². The first kappa shape index (κ1) is 27.2. The van der Waals surface area contributed by atoms with Crippen molar-refractivity contribution in [3.63, 3.8) is 0 Å². The Bertz CT molecular complexity index is 1220. The van der Waals surface area contributed by atoms with Gasteiger partial charge in [-0.1, -0.05) is 0 Å². The number of aromatic nitrogens is 4. The molecule has 3 aromatic heterocycles. The number of rotatable bonds is 9. The Morgan fingerprint density at radius 2 is 1.81 bits per heavy atom. The number of carbonyl (C=O) groups excluding carboxylic acids is 3. The highest BCUT2D eigenvalue weighted by Gasteiger charge is 2.31. The number of ether oxygens (including phenoxy) is 1. The van der Waals surface area contributed by atoms with Crippen molar-refractivity contribution in [3.05, 3.63) is 53.2 Å². The second-order valence-electron chi connectivity index (χ2n) is 8.63. The van der Waals surface area contributed by atoms with E-state index in [0.717, 1.165) is 17.7 Å².